The van der Waals surface area contributed by atoms with Crippen molar-refractivity contribution >= 4 is 44.9 Å². The van der Waals surface area contributed by atoms with E-state index in [0.29, 0.717) is 16.7 Å². The zero-order valence-electron chi connectivity index (χ0n) is 11.1. The highest BCUT2D eigenvalue weighted by atomic mass is 79.9. The number of aromatic nitrogens is 2. The summed E-state index contributed by atoms with van der Waals surface area (Å²) in [6.45, 7) is 4.05. The second-order valence-electron chi connectivity index (χ2n) is 4.55. The van der Waals surface area contributed by atoms with Gasteiger partial charge in [0.1, 0.15) is 17.5 Å². The van der Waals surface area contributed by atoms with Gasteiger partial charge in [0.05, 0.1) is 5.02 Å². The van der Waals surface area contributed by atoms with Crippen molar-refractivity contribution in [2.24, 2.45) is 5.84 Å². The van der Waals surface area contributed by atoms with Gasteiger partial charge in [0, 0.05) is 22.1 Å². The van der Waals surface area contributed by atoms with Crippen LogP contribution in [-0.4, -0.2) is 9.97 Å². The molecular weight excluding hydrogens is 342 g/mol. The third-order valence-corrected chi connectivity index (χ3v) is 3.81. The number of anilines is 3. The van der Waals surface area contributed by atoms with E-state index in [9.17, 15) is 0 Å². The molecule has 1 aromatic heterocycles. The summed E-state index contributed by atoms with van der Waals surface area (Å²) in [5.74, 6) is 7.60. The highest BCUT2D eigenvalue weighted by molar-refractivity contribution is 9.10. The molecule has 0 atom stereocenters. The fourth-order valence-corrected chi connectivity index (χ4v) is 2.08. The number of rotatable bonds is 4. The number of nitrogens with zero attached hydrogens (tertiary/aromatic N) is 2. The number of hydrazine groups is 1. The molecule has 0 saturated carbocycles. The fraction of sp³-hybridized carbons (Fsp3) is 0.231. The van der Waals surface area contributed by atoms with Gasteiger partial charge in [-0.25, -0.2) is 15.8 Å². The number of nitrogens with two attached hydrogens (primary N) is 1. The lowest BCUT2D eigenvalue weighted by Gasteiger charge is -2.11. The Morgan fingerprint density at radius 2 is 1.90 bits per heavy atom. The Labute approximate surface area is 131 Å². The third kappa shape index (κ3) is 3.59. The molecule has 7 heteroatoms. The predicted molar refractivity (Wildman–Crippen MR) is 86.4 cm³/mol. The van der Waals surface area contributed by atoms with Gasteiger partial charge in [-0.2, -0.15) is 0 Å². The first-order chi connectivity index (χ1) is 9.49. The van der Waals surface area contributed by atoms with E-state index >= 15 is 0 Å². The van der Waals surface area contributed by atoms with Crippen LogP contribution in [0.1, 0.15) is 25.6 Å². The molecule has 0 aliphatic heterocycles. The minimum atomic E-state index is 0.209. The first kappa shape index (κ1) is 15.0. The summed E-state index contributed by atoms with van der Waals surface area (Å²) in [5.41, 5.74) is 3.42. The van der Waals surface area contributed by atoms with Crippen molar-refractivity contribution in [2.75, 3.05) is 10.7 Å². The van der Waals surface area contributed by atoms with Gasteiger partial charge in [-0.15, -0.1) is 0 Å². The molecule has 0 amide bonds. The minimum absolute atomic E-state index is 0.209. The molecule has 0 bridgehead atoms. The quantitative estimate of drug-likeness (QED) is 0.569. The van der Waals surface area contributed by atoms with Gasteiger partial charge in [-0.05, 0) is 34.1 Å². The molecule has 1 heterocycles. The van der Waals surface area contributed by atoms with Crippen LogP contribution in [0.2, 0.25) is 5.02 Å². The monoisotopic (exact) mass is 355 g/mol. The van der Waals surface area contributed by atoms with Gasteiger partial charge >= 0.3 is 0 Å². The highest BCUT2D eigenvalue weighted by Gasteiger charge is 2.08. The van der Waals surface area contributed by atoms with E-state index in [-0.39, 0.29) is 5.92 Å². The van der Waals surface area contributed by atoms with Crippen LogP contribution >= 0.6 is 27.5 Å². The molecule has 2 rings (SSSR count). The van der Waals surface area contributed by atoms with E-state index in [1.54, 1.807) is 12.1 Å². The lowest BCUT2D eigenvalue weighted by atomic mass is 10.2. The Kier molecular flexibility index (Phi) is 4.80. The van der Waals surface area contributed by atoms with Crippen LogP contribution in [0.5, 0.6) is 0 Å². The second-order valence-corrected chi connectivity index (χ2v) is 5.81. The van der Waals surface area contributed by atoms with Crippen LogP contribution in [0.4, 0.5) is 17.3 Å². The van der Waals surface area contributed by atoms with Gasteiger partial charge in [0.15, 0.2) is 0 Å². The zero-order chi connectivity index (χ0) is 14.7. The number of benzene rings is 1. The summed E-state index contributed by atoms with van der Waals surface area (Å²) in [7, 11) is 0. The van der Waals surface area contributed by atoms with Crippen LogP contribution in [0, 0.1) is 0 Å². The van der Waals surface area contributed by atoms with E-state index in [4.69, 9.17) is 17.4 Å². The summed E-state index contributed by atoms with van der Waals surface area (Å²) in [4.78, 5) is 8.77. The molecule has 2 aromatic rings. The largest absolute Gasteiger partial charge is 0.340 e. The van der Waals surface area contributed by atoms with Crippen molar-refractivity contribution in [3.63, 3.8) is 0 Å². The van der Waals surface area contributed by atoms with Crippen LogP contribution < -0.4 is 16.6 Å². The van der Waals surface area contributed by atoms with Crippen LogP contribution in [0.3, 0.4) is 0 Å². The van der Waals surface area contributed by atoms with Crippen molar-refractivity contribution in [1.82, 2.24) is 9.97 Å². The average molecular weight is 357 g/mol. The molecule has 5 nitrogen and oxygen atoms in total. The van der Waals surface area contributed by atoms with Gasteiger partial charge in [0.2, 0.25) is 0 Å². The average Bonchev–Trinajstić information content (AvgIpc) is 2.42. The summed E-state index contributed by atoms with van der Waals surface area (Å²) in [6.07, 6.45) is 0. The third-order valence-electron chi connectivity index (χ3n) is 2.60. The molecule has 0 unspecified atom stereocenters. The maximum Gasteiger partial charge on any atom is 0.145 e. The van der Waals surface area contributed by atoms with Gasteiger partial charge in [0.25, 0.3) is 0 Å². The Morgan fingerprint density at radius 3 is 2.50 bits per heavy atom. The molecule has 0 saturated heterocycles. The molecule has 0 fully saturated rings. The first-order valence-electron chi connectivity index (χ1n) is 6.07. The SMILES string of the molecule is CC(C)c1nc(NN)cc(Nc2ccc(Cl)c(Br)c2)n1. The van der Waals surface area contributed by atoms with Crippen molar-refractivity contribution in [3.8, 4) is 0 Å². The molecule has 20 heavy (non-hydrogen) atoms. The molecule has 0 aliphatic carbocycles. The Bertz CT molecular complexity index is 618. The molecule has 0 aliphatic rings. The maximum absolute atomic E-state index is 5.97. The van der Waals surface area contributed by atoms with Crippen molar-refractivity contribution in [2.45, 2.75) is 19.8 Å². The number of hydrogen-bond acceptors (Lipinski definition) is 5. The fourth-order valence-electron chi connectivity index (χ4n) is 1.58. The van der Waals surface area contributed by atoms with Crippen LogP contribution in [-0.2, 0) is 0 Å². The molecule has 0 spiro atoms. The number of nitrogen functional groups attached to an aromatic ring is 1. The van der Waals surface area contributed by atoms with E-state index in [2.05, 4.69) is 36.6 Å². The van der Waals surface area contributed by atoms with E-state index in [0.717, 1.165) is 16.0 Å². The van der Waals surface area contributed by atoms with Gasteiger partial charge < -0.3 is 10.7 Å². The van der Waals surface area contributed by atoms with Crippen LogP contribution in [0.25, 0.3) is 0 Å². The van der Waals surface area contributed by atoms with Crippen molar-refractivity contribution in [1.29, 1.82) is 0 Å². The molecule has 106 valence electrons. The minimum Gasteiger partial charge on any atom is -0.340 e. The summed E-state index contributed by atoms with van der Waals surface area (Å²) in [6, 6.07) is 7.31. The Balaban J connectivity index is 2.32. The van der Waals surface area contributed by atoms with Crippen molar-refractivity contribution < 1.29 is 0 Å². The van der Waals surface area contributed by atoms with Gasteiger partial charge in [-0.3, -0.25) is 0 Å². The molecule has 0 radical (unpaired) electrons. The lowest BCUT2D eigenvalue weighted by molar-refractivity contribution is 0.777. The smallest absolute Gasteiger partial charge is 0.145 e. The highest BCUT2D eigenvalue weighted by Crippen LogP contribution is 2.27. The molecular formula is C13H15BrClN5. The zero-order valence-corrected chi connectivity index (χ0v) is 13.5. The summed E-state index contributed by atoms with van der Waals surface area (Å²) >= 11 is 9.36. The predicted octanol–water partition coefficient (Wildman–Crippen LogP) is 4.05. The van der Waals surface area contributed by atoms with E-state index in [1.807, 2.05) is 26.0 Å². The lowest BCUT2D eigenvalue weighted by Crippen LogP contribution is -2.12. The normalized spacial score (nSPS) is 10.7. The topological polar surface area (TPSA) is 75.9 Å². The van der Waals surface area contributed by atoms with Crippen molar-refractivity contribution in [3.05, 3.63) is 39.6 Å². The summed E-state index contributed by atoms with van der Waals surface area (Å²) < 4.78 is 0.819. The molecule has 4 N–H and O–H groups in total. The Hall–Kier alpha value is -1.37. The summed E-state index contributed by atoms with van der Waals surface area (Å²) in [5, 5.41) is 3.86. The second kappa shape index (κ2) is 6.39. The number of hydrogen-bond donors (Lipinski definition) is 3. The molecule has 1 aromatic carbocycles. The van der Waals surface area contributed by atoms with E-state index in [1.165, 1.54) is 0 Å². The number of nitrogens with one attached hydrogen (secondary N) is 2. The first-order valence-corrected chi connectivity index (χ1v) is 7.24. The van der Waals surface area contributed by atoms with E-state index < -0.39 is 0 Å². The number of halogens is 2. The van der Waals surface area contributed by atoms with Crippen LogP contribution in [0.15, 0.2) is 28.7 Å². The standard InChI is InChI=1S/C13H15BrClN5/c1-7(2)13-18-11(6-12(19-13)20-16)17-8-3-4-10(15)9(14)5-8/h3-7H,16H2,1-2H3,(H2,17,18,19,20). The maximum atomic E-state index is 5.97. The Morgan fingerprint density at radius 1 is 1.20 bits per heavy atom. The van der Waals surface area contributed by atoms with Gasteiger partial charge in [-0.1, -0.05) is 25.4 Å².